The summed E-state index contributed by atoms with van der Waals surface area (Å²) in [5.41, 5.74) is 0. The van der Waals surface area contributed by atoms with E-state index >= 15 is 0 Å². The maximum Gasteiger partial charge on any atom is 0.277 e. The van der Waals surface area contributed by atoms with Gasteiger partial charge >= 0.3 is 0 Å². The van der Waals surface area contributed by atoms with Crippen molar-refractivity contribution in [2.24, 2.45) is 0 Å². The molecule has 2 aromatic carbocycles. The van der Waals surface area contributed by atoms with Crippen LogP contribution in [0.25, 0.3) is 0 Å². The Balaban J connectivity index is 1.26. The van der Waals surface area contributed by atoms with Crippen molar-refractivity contribution in [3.63, 3.8) is 0 Å². The van der Waals surface area contributed by atoms with Crippen LogP contribution in [-0.4, -0.2) is 46.9 Å². The smallest absolute Gasteiger partial charge is 0.277 e. The third kappa shape index (κ3) is 5.18. The number of rotatable bonds is 6. The van der Waals surface area contributed by atoms with E-state index in [1.54, 1.807) is 36.4 Å². The van der Waals surface area contributed by atoms with Gasteiger partial charge in [0.25, 0.3) is 10.2 Å². The van der Waals surface area contributed by atoms with Crippen molar-refractivity contribution in [3.8, 4) is 23.0 Å². The topological polar surface area (TPSA) is 95.1 Å². The molecule has 0 bridgehead atoms. The van der Waals surface area contributed by atoms with Crippen LogP contribution >= 0.6 is 23.2 Å². The van der Waals surface area contributed by atoms with E-state index in [2.05, 4.69) is 9.44 Å². The van der Waals surface area contributed by atoms with Gasteiger partial charge in [0.2, 0.25) is 0 Å². The first kappa shape index (κ1) is 20.4. The van der Waals surface area contributed by atoms with Crippen LogP contribution in [0.1, 0.15) is 0 Å². The molecule has 11 heteroatoms. The zero-order chi connectivity index (χ0) is 20.4. The summed E-state index contributed by atoms with van der Waals surface area (Å²) in [6, 6.07) is 10.0. The Morgan fingerprint density at radius 3 is 1.69 bits per heavy atom. The molecule has 2 unspecified atom stereocenters. The number of halogens is 2. The highest BCUT2D eigenvalue weighted by molar-refractivity contribution is 7.87. The van der Waals surface area contributed by atoms with Crippen LogP contribution in [0.2, 0.25) is 10.0 Å². The predicted octanol–water partition coefficient (Wildman–Crippen LogP) is 2.40. The first-order valence-electron chi connectivity index (χ1n) is 8.80. The third-order valence-electron chi connectivity index (χ3n) is 4.25. The molecule has 0 radical (unpaired) electrons. The van der Waals surface area contributed by atoms with E-state index in [1.807, 2.05) is 0 Å². The maximum atomic E-state index is 12.2. The van der Waals surface area contributed by atoms with Gasteiger partial charge in [0, 0.05) is 22.2 Å². The van der Waals surface area contributed by atoms with Crippen LogP contribution in [0.3, 0.4) is 0 Å². The highest BCUT2D eigenvalue weighted by Crippen LogP contribution is 2.34. The Morgan fingerprint density at radius 1 is 0.793 bits per heavy atom. The third-order valence-corrected chi connectivity index (χ3v) is 5.81. The SMILES string of the molecule is O=S(=O)(NCC1COc2cc(Cl)ccc2O1)NCC1COc2cc(Cl)ccc2O1. The first-order valence-corrected chi connectivity index (χ1v) is 11.0. The van der Waals surface area contributed by atoms with Gasteiger partial charge in [-0.05, 0) is 24.3 Å². The molecule has 2 aliphatic heterocycles. The van der Waals surface area contributed by atoms with E-state index in [0.717, 1.165) is 0 Å². The molecule has 0 spiro atoms. The Kier molecular flexibility index (Phi) is 5.93. The van der Waals surface area contributed by atoms with Crippen LogP contribution in [0.15, 0.2) is 36.4 Å². The van der Waals surface area contributed by atoms with Crippen molar-refractivity contribution >= 4 is 33.4 Å². The van der Waals surface area contributed by atoms with Crippen molar-refractivity contribution in [1.82, 2.24) is 9.44 Å². The van der Waals surface area contributed by atoms with E-state index in [-0.39, 0.29) is 26.3 Å². The molecule has 8 nitrogen and oxygen atoms in total. The summed E-state index contributed by atoms with van der Waals surface area (Å²) in [4.78, 5) is 0. The molecule has 156 valence electrons. The standard InChI is InChI=1S/C18H18Cl2N2O6S/c19-11-1-3-15-17(5-11)25-9-13(27-15)7-21-29(23,24)22-8-14-10-26-18-6-12(20)2-4-16(18)28-14/h1-6,13-14,21-22H,7-10H2. The van der Waals surface area contributed by atoms with Gasteiger partial charge in [0.1, 0.15) is 25.4 Å². The largest absolute Gasteiger partial charge is 0.486 e. The molecule has 2 N–H and O–H groups in total. The summed E-state index contributed by atoms with van der Waals surface area (Å²) < 4.78 is 52.0. The predicted molar refractivity (Wildman–Crippen MR) is 108 cm³/mol. The second-order valence-corrected chi connectivity index (χ2v) is 8.94. The van der Waals surface area contributed by atoms with Gasteiger partial charge in [-0.25, -0.2) is 0 Å². The summed E-state index contributed by atoms with van der Waals surface area (Å²) in [6.45, 7) is 0.491. The van der Waals surface area contributed by atoms with E-state index in [1.165, 1.54) is 0 Å². The average molecular weight is 461 g/mol. The van der Waals surface area contributed by atoms with Crippen molar-refractivity contribution < 1.29 is 27.4 Å². The molecule has 2 atom stereocenters. The van der Waals surface area contributed by atoms with Crippen molar-refractivity contribution in [2.45, 2.75) is 12.2 Å². The van der Waals surface area contributed by atoms with Crippen LogP contribution in [-0.2, 0) is 10.2 Å². The van der Waals surface area contributed by atoms with Crippen molar-refractivity contribution in [2.75, 3.05) is 26.3 Å². The molecule has 0 amide bonds. The molecule has 29 heavy (non-hydrogen) atoms. The zero-order valence-corrected chi connectivity index (χ0v) is 17.4. The molecular formula is C18H18Cl2N2O6S. The molecule has 4 rings (SSSR count). The Bertz CT molecular complexity index is 930. The molecular weight excluding hydrogens is 443 g/mol. The molecule has 2 heterocycles. The van der Waals surface area contributed by atoms with Gasteiger partial charge in [0.05, 0.1) is 13.1 Å². The Morgan fingerprint density at radius 2 is 1.24 bits per heavy atom. The van der Waals surface area contributed by atoms with E-state index in [0.29, 0.717) is 33.0 Å². The number of ether oxygens (including phenoxy) is 4. The molecule has 0 aromatic heterocycles. The Hall–Kier alpha value is -1.91. The van der Waals surface area contributed by atoms with E-state index < -0.39 is 22.4 Å². The lowest BCUT2D eigenvalue weighted by atomic mass is 10.2. The molecule has 2 aliphatic rings. The number of nitrogens with one attached hydrogen (secondary N) is 2. The summed E-state index contributed by atoms with van der Waals surface area (Å²) in [5.74, 6) is 2.10. The summed E-state index contributed by atoms with van der Waals surface area (Å²) in [5, 5.41) is 1.07. The van der Waals surface area contributed by atoms with Gasteiger partial charge in [-0.1, -0.05) is 23.2 Å². The first-order chi connectivity index (χ1) is 13.9. The lowest BCUT2D eigenvalue weighted by molar-refractivity contribution is 0.0924. The van der Waals surface area contributed by atoms with Gasteiger partial charge in [-0.3, -0.25) is 0 Å². The lowest BCUT2D eigenvalue weighted by Crippen LogP contribution is -2.48. The monoisotopic (exact) mass is 460 g/mol. The quantitative estimate of drug-likeness (QED) is 0.686. The fourth-order valence-corrected chi connectivity index (χ4v) is 4.07. The Labute approximate surface area is 178 Å². The molecule has 0 saturated heterocycles. The summed E-state index contributed by atoms with van der Waals surface area (Å²) >= 11 is 11.8. The minimum absolute atomic E-state index is 0.0424. The van der Waals surface area contributed by atoms with Gasteiger partial charge in [-0.15, -0.1) is 0 Å². The summed E-state index contributed by atoms with van der Waals surface area (Å²) in [6.07, 6.45) is -0.933. The van der Waals surface area contributed by atoms with Crippen molar-refractivity contribution in [3.05, 3.63) is 46.4 Å². The number of hydrogen-bond acceptors (Lipinski definition) is 6. The maximum absolute atomic E-state index is 12.2. The number of fused-ring (bicyclic) bond motifs is 2. The van der Waals surface area contributed by atoms with E-state index in [4.69, 9.17) is 42.1 Å². The minimum Gasteiger partial charge on any atom is -0.486 e. The van der Waals surface area contributed by atoms with Crippen LogP contribution in [0.5, 0.6) is 23.0 Å². The van der Waals surface area contributed by atoms with Crippen LogP contribution in [0, 0.1) is 0 Å². The fourth-order valence-electron chi connectivity index (χ4n) is 2.83. The molecule has 2 aromatic rings. The zero-order valence-electron chi connectivity index (χ0n) is 15.1. The second-order valence-electron chi connectivity index (χ2n) is 6.48. The van der Waals surface area contributed by atoms with E-state index in [9.17, 15) is 8.42 Å². The van der Waals surface area contributed by atoms with Gasteiger partial charge < -0.3 is 18.9 Å². The molecule has 0 saturated carbocycles. The number of benzene rings is 2. The fraction of sp³-hybridized carbons (Fsp3) is 0.333. The van der Waals surface area contributed by atoms with Gasteiger partial charge in [-0.2, -0.15) is 17.9 Å². The van der Waals surface area contributed by atoms with Crippen LogP contribution in [0.4, 0.5) is 0 Å². The average Bonchev–Trinajstić information content (AvgIpc) is 2.71. The second kappa shape index (κ2) is 8.45. The van der Waals surface area contributed by atoms with Gasteiger partial charge in [0.15, 0.2) is 23.0 Å². The van der Waals surface area contributed by atoms with Crippen molar-refractivity contribution in [1.29, 1.82) is 0 Å². The lowest BCUT2D eigenvalue weighted by Gasteiger charge is -2.28. The highest BCUT2D eigenvalue weighted by atomic mass is 35.5. The molecule has 0 fully saturated rings. The molecule has 0 aliphatic carbocycles. The highest BCUT2D eigenvalue weighted by Gasteiger charge is 2.25. The normalized spacial score (nSPS) is 20.3. The summed E-state index contributed by atoms with van der Waals surface area (Å²) in [7, 11) is -3.76. The number of hydrogen-bond donors (Lipinski definition) is 2. The minimum atomic E-state index is -3.76. The van der Waals surface area contributed by atoms with Crippen LogP contribution < -0.4 is 28.4 Å².